The standard InChI is InChI=1S/C15H20F3N/c1-4-8-19-14(9-11(2)3)12-6-5-7-13(10-12)15(16,17)18/h5-7,9-10,14,19H,4,8H2,1-3H3. The molecule has 1 N–H and O–H groups in total. The molecule has 0 radical (unpaired) electrons. The lowest BCUT2D eigenvalue weighted by Gasteiger charge is -2.17. The largest absolute Gasteiger partial charge is 0.416 e. The average Bonchev–Trinajstić information content (AvgIpc) is 2.33. The van der Waals surface area contributed by atoms with Crippen LogP contribution in [0.2, 0.25) is 0 Å². The molecule has 0 saturated heterocycles. The van der Waals surface area contributed by atoms with Gasteiger partial charge in [-0.15, -0.1) is 0 Å². The highest BCUT2D eigenvalue weighted by atomic mass is 19.4. The fraction of sp³-hybridized carbons (Fsp3) is 0.467. The number of allylic oxidation sites excluding steroid dienone is 1. The van der Waals surface area contributed by atoms with Crippen molar-refractivity contribution >= 4 is 0 Å². The van der Waals surface area contributed by atoms with Crippen LogP contribution in [0.15, 0.2) is 35.9 Å². The van der Waals surface area contributed by atoms with Crippen LogP contribution < -0.4 is 5.32 Å². The van der Waals surface area contributed by atoms with E-state index in [2.05, 4.69) is 5.32 Å². The van der Waals surface area contributed by atoms with Crippen LogP contribution in [0, 0.1) is 0 Å². The average molecular weight is 271 g/mol. The molecule has 1 atom stereocenters. The minimum absolute atomic E-state index is 0.174. The van der Waals surface area contributed by atoms with E-state index in [0.29, 0.717) is 5.56 Å². The van der Waals surface area contributed by atoms with Gasteiger partial charge in [0.2, 0.25) is 0 Å². The zero-order valence-electron chi connectivity index (χ0n) is 11.5. The molecule has 1 nitrogen and oxygen atoms in total. The van der Waals surface area contributed by atoms with Crippen LogP contribution in [0.3, 0.4) is 0 Å². The van der Waals surface area contributed by atoms with Crippen LogP contribution >= 0.6 is 0 Å². The summed E-state index contributed by atoms with van der Waals surface area (Å²) in [5, 5.41) is 3.25. The number of hydrogen-bond donors (Lipinski definition) is 1. The second-order valence-electron chi connectivity index (χ2n) is 4.80. The second kappa shape index (κ2) is 6.75. The quantitative estimate of drug-likeness (QED) is 0.765. The van der Waals surface area contributed by atoms with Gasteiger partial charge in [0.1, 0.15) is 0 Å². The maximum absolute atomic E-state index is 12.7. The molecule has 4 heteroatoms. The molecule has 0 aliphatic carbocycles. The van der Waals surface area contributed by atoms with Crippen molar-refractivity contribution in [1.82, 2.24) is 5.32 Å². The van der Waals surface area contributed by atoms with Crippen LogP contribution in [0.25, 0.3) is 0 Å². The first-order valence-corrected chi connectivity index (χ1v) is 6.40. The van der Waals surface area contributed by atoms with Crippen molar-refractivity contribution in [2.75, 3.05) is 6.54 Å². The van der Waals surface area contributed by atoms with E-state index in [-0.39, 0.29) is 6.04 Å². The lowest BCUT2D eigenvalue weighted by Crippen LogP contribution is -2.21. The van der Waals surface area contributed by atoms with Gasteiger partial charge in [-0.2, -0.15) is 13.2 Å². The normalized spacial score (nSPS) is 13.2. The number of rotatable bonds is 5. The first-order chi connectivity index (χ1) is 8.84. The summed E-state index contributed by atoms with van der Waals surface area (Å²) in [4.78, 5) is 0. The summed E-state index contributed by atoms with van der Waals surface area (Å²) in [6.07, 6.45) is -1.41. The molecule has 0 heterocycles. The van der Waals surface area contributed by atoms with Crippen molar-refractivity contribution in [3.8, 4) is 0 Å². The van der Waals surface area contributed by atoms with Gasteiger partial charge in [0.15, 0.2) is 0 Å². The van der Waals surface area contributed by atoms with E-state index in [1.807, 2.05) is 26.8 Å². The van der Waals surface area contributed by atoms with Crippen LogP contribution in [0.1, 0.15) is 44.4 Å². The van der Waals surface area contributed by atoms with E-state index in [1.54, 1.807) is 6.07 Å². The third-order valence-corrected chi connectivity index (χ3v) is 2.69. The van der Waals surface area contributed by atoms with E-state index in [1.165, 1.54) is 12.1 Å². The number of alkyl halides is 3. The second-order valence-corrected chi connectivity index (χ2v) is 4.80. The zero-order chi connectivity index (χ0) is 14.5. The lowest BCUT2D eigenvalue weighted by molar-refractivity contribution is -0.137. The van der Waals surface area contributed by atoms with Crippen molar-refractivity contribution in [3.63, 3.8) is 0 Å². The topological polar surface area (TPSA) is 12.0 Å². The van der Waals surface area contributed by atoms with Crippen molar-refractivity contribution in [3.05, 3.63) is 47.0 Å². The van der Waals surface area contributed by atoms with E-state index in [0.717, 1.165) is 24.6 Å². The van der Waals surface area contributed by atoms with Gasteiger partial charge in [-0.05, 0) is 44.5 Å². The van der Waals surface area contributed by atoms with Gasteiger partial charge in [0.05, 0.1) is 11.6 Å². The first-order valence-electron chi connectivity index (χ1n) is 6.40. The van der Waals surface area contributed by atoms with E-state index in [9.17, 15) is 13.2 Å². The summed E-state index contributed by atoms with van der Waals surface area (Å²) in [5.74, 6) is 0. The molecule has 0 aliphatic rings. The Labute approximate surface area is 112 Å². The fourth-order valence-electron chi connectivity index (χ4n) is 1.81. The Kier molecular flexibility index (Phi) is 5.60. The summed E-state index contributed by atoms with van der Waals surface area (Å²) < 4.78 is 38.1. The van der Waals surface area contributed by atoms with Crippen LogP contribution in [-0.4, -0.2) is 6.54 Å². The highest BCUT2D eigenvalue weighted by molar-refractivity contribution is 5.30. The molecular weight excluding hydrogens is 251 g/mol. The van der Waals surface area contributed by atoms with Gasteiger partial charge >= 0.3 is 6.18 Å². The Morgan fingerprint density at radius 1 is 1.32 bits per heavy atom. The minimum atomic E-state index is -4.30. The summed E-state index contributed by atoms with van der Waals surface area (Å²) in [7, 11) is 0. The number of hydrogen-bond acceptors (Lipinski definition) is 1. The third-order valence-electron chi connectivity index (χ3n) is 2.69. The monoisotopic (exact) mass is 271 g/mol. The smallest absolute Gasteiger partial charge is 0.307 e. The molecule has 0 aliphatic heterocycles. The highest BCUT2D eigenvalue weighted by Gasteiger charge is 2.30. The number of halogens is 3. The maximum Gasteiger partial charge on any atom is 0.416 e. The lowest BCUT2D eigenvalue weighted by atomic mass is 10.0. The van der Waals surface area contributed by atoms with Gasteiger partial charge in [-0.3, -0.25) is 0 Å². The van der Waals surface area contributed by atoms with Crippen LogP contribution in [0.5, 0.6) is 0 Å². The minimum Gasteiger partial charge on any atom is -0.307 e. The van der Waals surface area contributed by atoms with E-state index < -0.39 is 11.7 Å². The molecule has 106 valence electrons. The SMILES string of the molecule is CCCNC(C=C(C)C)c1cccc(C(F)(F)F)c1. The summed E-state index contributed by atoms with van der Waals surface area (Å²) in [6, 6.07) is 5.32. The predicted molar refractivity (Wildman–Crippen MR) is 71.9 cm³/mol. The van der Waals surface area contributed by atoms with Gasteiger partial charge in [0.25, 0.3) is 0 Å². The molecule has 1 aromatic rings. The van der Waals surface area contributed by atoms with Crippen LogP contribution in [0.4, 0.5) is 13.2 Å². The van der Waals surface area contributed by atoms with Gasteiger partial charge in [-0.25, -0.2) is 0 Å². The maximum atomic E-state index is 12.7. The summed E-state index contributed by atoms with van der Waals surface area (Å²) >= 11 is 0. The number of nitrogens with one attached hydrogen (secondary N) is 1. The molecule has 0 fully saturated rings. The van der Waals surface area contributed by atoms with Gasteiger partial charge in [0, 0.05) is 0 Å². The van der Waals surface area contributed by atoms with E-state index in [4.69, 9.17) is 0 Å². The Morgan fingerprint density at radius 2 is 2.00 bits per heavy atom. The summed E-state index contributed by atoms with van der Waals surface area (Å²) in [5.41, 5.74) is 1.12. The molecule has 0 spiro atoms. The van der Waals surface area contributed by atoms with Crippen molar-refractivity contribution in [1.29, 1.82) is 0 Å². The van der Waals surface area contributed by atoms with Crippen molar-refractivity contribution < 1.29 is 13.2 Å². The summed E-state index contributed by atoms with van der Waals surface area (Å²) in [6.45, 7) is 6.67. The Balaban J connectivity index is 3.05. The highest BCUT2D eigenvalue weighted by Crippen LogP contribution is 2.31. The van der Waals surface area contributed by atoms with Crippen LogP contribution in [-0.2, 0) is 6.18 Å². The Bertz CT molecular complexity index is 431. The molecule has 1 aromatic carbocycles. The van der Waals surface area contributed by atoms with Gasteiger partial charge in [-0.1, -0.05) is 30.7 Å². The molecule has 1 rings (SSSR count). The molecule has 0 amide bonds. The van der Waals surface area contributed by atoms with Crippen molar-refractivity contribution in [2.24, 2.45) is 0 Å². The van der Waals surface area contributed by atoms with Crippen molar-refractivity contribution in [2.45, 2.75) is 39.4 Å². The molecular formula is C15H20F3N. The Hall–Kier alpha value is -1.29. The first kappa shape index (κ1) is 15.8. The number of benzene rings is 1. The van der Waals surface area contributed by atoms with Gasteiger partial charge < -0.3 is 5.32 Å². The zero-order valence-corrected chi connectivity index (χ0v) is 11.5. The molecule has 19 heavy (non-hydrogen) atoms. The molecule has 1 unspecified atom stereocenters. The Morgan fingerprint density at radius 3 is 2.53 bits per heavy atom. The molecule has 0 aromatic heterocycles. The predicted octanol–water partition coefficient (Wildman–Crippen LogP) is 4.71. The fourth-order valence-corrected chi connectivity index (χ4v) is 1.81. The molecule has 0 bridgehead atoms. The molecule has 0 saturated carbocycles. The third kappa shape index (κ3) is 5.07. The van der Waals surface area contributed by atoms with E-state index >= 15 is 0 Å².